The van der Waals surface area contributed by atoms with E-state index in [0.29, 0.717) is 39.1 Å². The maximum absolute atomic E-state index is 13.3. The molecule has 0 saturated heterocycles. The number of halogens is 3. The van der Waals surface area contributed by atoms with E-state index in [2.05, 4.69) is 5.32 Å². The van der Waals surface area contributed by atoms with Crippen molar-refractivity contribution in [2.24, 2.45) is 0 Å². The number of rotatable bonds is 5. The fourth-order valence-electron chi connectivity index (χ4n) is 2.86. The number of hydrogen-bond donors (Lipinski definition) is 2. The summed E-state index contributed by atoms with van der Waals surface area (Å²) in [5.74, 6) is 0.311. The molecule has 0 aliphatic heterocycles. The average Bonchev–Trinajstić information content (AvgIpc) is 3.41. The predicted octanol–water partition coefficient (Wildman–Crippen LogP) is 6.40. The molecule has 0 bridgehead atoms. The van der Waals surface area contributed by atoms with E-state index in [9.17, 15) is 9.18 Å². The molecule has 1 amide bonds. The van der Waals surface area contributed by atoms with Crippen LogP contribution in [0.15, 0.2) is 69.5 Å². The van der Waals surface area contributed by atoms with Crippen molar-refractivity contribution in [3.05, 3.63) is 88.0 Å². The molecule has 0 aliphatic rings. The highest BCUT2D eigenvalue weighted by molar-refractivity contribution is 6.33. The zero-order valence-electron chi connectivity index (χ0n) is 15.3. The first-order chi connectivity index (χ1) is 14.4. The minimum Gasteiger partial charge on any atom is -0.459 e. The van der Waals surface area contributed by atoms with Crippen LogP contribution in [0.4, 0.5) is 10.1 Å². The molecule has 4 rings (SSSR count). The Morgan fingerprint density at radius 1 is 0.933 bits per heavy atom. The van der Waals surface area contributed by atoms with Gasteiger partial charge in [0.2, 0.25) is 0 Å². The number of anilines is 1. The fourth-order valence-corrected chi connectivity index (χ4v) is 3.25. The number of aliphatic hydroxyl groups is 1. The van der Waals surface area contributed by atoms with E-state index in [1.54, 1.807) is 36.4 Å². The maximum atomic E-state index is 13.3. The molecule has 0 fully saturated rings. The molecule has 2 N–H and O–H groups in total. The Labute approximate surface area is 180 Å². The van der Waals surface area contributed by atoms with Crippen molar-refractivity contribution in [1.29, 1.82) is 0 Å². The van der Waals surface area contributed by atoms with E-state index in [1.165, 1.54) is 24.3 Å². The molecule has 8 heteroatoms. The molecular weight excluding hydrogens is 432 g/mol. The van der Waals surface area contributed by atoms with Crippen LogP contribution in [0.2, 0.25) is 10.0 Å². The van der Waals surface area contributed by atoms with Crippen LogP contribution in [0.3, 0.4) is 0 Å². The van der Waals surface area contributed by atoms with Crippen LogP contribution in [-0.2, 0) is 6.61 Å². The second-order valence-electron chi connectivity index (χ2n) is 6.37. The highest BCUT2D eigenvalue weighted by Crippen LogP contribution is 2.32. The van der Waals surface area contributed by atoms with Gasteiger partial charge in [-0.2, -0.15) is 0 Å². The molecule has 2 aromatic carbocycles. The number of carbonyl (C=O) groups excluding carboxylic acids is 1. The Kier molecular flexibility index (Phi) is 5.63. The number of hydrogen-bond acceptors (Lipinski definition) is 4. The smallest absolute Gasteiger partial charge is 0.291 e. The van der Waals surface area contributed by atoms with Gasteiger partial charge in [-0.25, -0.2) is 4.39 Å². The molecule has 30 heavy (non-hydrogen) atoms. The van der Waals surface area contributed by atoms with Gasteiger partial charge in [-0.05, 0) is 60.7 Å². The van der Waals surface area contributed by atoms with Gasteiger partial charge in [-0.1, -0.05) is 23.2 Å². The summed E-state index contributed by atoms with van der Waals surface area (Å²) >= 11 is 12.0. The average molecular weight is 446 g/mol. The monoisotopic (exact) mass is 445 g/mol. The number of carbonyl (C=O) groups is 1. The standard InChI is InChI=1S/C22H14Cl2FNO4/c23-16-4-2-13(10-15(16)20-6-3-14(11-27)29-20)26-22(28)21-8-7-19(30-21)12-1-5-18(25)17(24)9-12/h1-10,27H,11H2,(H,26,28). The maximum Gasteiger partial charge on any atom is 0.291 e. The van der Waals surface area contributed by atoms with Gasteiger partial charge in [0.15, 0.2) is 5.76 Å². The van der Waals surface area contributed by atoms with Crippen LogP contribution in [0.5, 0.6) is 0 Å². The summed E-state index contributed by atoms with van der Waals surface area (Å²) in [7, 11) is 0. The summed E-state index contributed by atoms with van der Waals surface area (Å²) in [6.07, 6.45) is 0. The Morgan fingerprint density at radius 3 is 2.47 bits per heavy atom. The normalized spacial score (nSPS) is 10.9. The van der Waals surface area contributed by atoms with Crippen molar-refractivity contribution >= 4 is 34.8 Å². The molecule has 2 heterocycles. The molecule has 0 radical (unpaired) electrons. The number of aliphatic hydroxyl groups excluding tert-OH is 1. The lowest BCUT2D eigenvalue weighted by atomic mass is 10.1. The van der Waals surface area contributed by atoms with Gasteiger partial charge in [0, 0.05) is 16.8 Å². The third-order valence-electron chi connectivity index (χ3n) is 4.34. The van der Waals surface area contributed by atoms with Crippen LogP contribution in [0.25, 0.3) is 22.6 Å². The summed E-state index contributed by atoms with van der Waals surface area (Å²) in [5, 5.41) is 12.3. The number of nitrogens with one attached hydrogen (secondary N) is 1. The highest BCUT2D eigenvalue weighted by Gasteiger charge is 2.15. The van der Waals surface area contributed by atoms with Crippen LogP contribution < -0.4 is 5.32 Å². The molecule has 0 saturated carbocycles. The van der Waals surface area contributed by atoms with Crippen molar-refractivity contribution in [2.75, 3.05) is 5.32 Å². The summed E-state index contributed by atoms with van der Waals surface area (Å²) in [5.41, 5.74) is 1.59. The molecule has 5 nitrogen and oxygen atoms in total. The van der Waals surface area contributed by atoms with Crippen LogP contribution >= 0.6 is 23.2 Å². The fraction of sp³-hybridized carbons (Fsp3) is 0.0455. The summed E-state index contributed by atoms with van der Waals surface area (Å²) in [4.78, 5) is 12.6. The number of benzene rings is 2. The third-order valence-corrected chi connectivity index (χ3v) is 4.96. The molecular formula is C22H14Cl2FNO4. The zero-order chi connectivity index (χ0) is 21.3. The number of furan rings is 2. The van der Waals surface area contributed by atoms with Crippen LogP contribution in [0, 0.1) is 5.82 Å². The minimum atomic E-state index is -0.536. The lowest BCUT2D eigenvalue weighted by Crippen LogP contribution is -2.10. The van der Waals surface area contributed by atoms with E-state index in [1.807, 2.05) is 0 Å². The second-order valence-corrected chi connectivity index (χ2v) is 7.18. The van der Waals surface area contributed by atoms with E-state index < -0.39 is 11.7 Å². The Balaban J connectivity index is 1.55. The first-order valence-corrected chi connectivity index (χ1v) is 9.56. The quantitative estimate of drug-likeness (QED) is 0.372. The lowest BCUT2D eigenvalue weighted by molar-refractivity contribution is 0.0997. The van der Waals surface area contributed by atoms with Crippen molar-refractivity contribution < 1.29 is 23.1 Å². The van der Waals surface area contributed by atoms with Crippen LogP contribution in [-0.4, -0.2) is 11.0 Å². The molecule has 0 atom stereocenters. The first-order valence-electron chi connectivity index (χ1n) is 8.80. The predicted molar refractivity (Wildman–Crippen MR) is 112 cm³/mol. The molecule has 2 aromatic heterocycles. The van der Waals surface area contributed by atoms with Gasteiger partial charge in [-0.3, -0.25) is 4.79 Å². The Bertz CT molecular complexity index is 1230. The summed E-state index contributed by atoms with van der Waals surface area (Å²) < 4.78 is 24.4. The van der Waals surface area contributed by atoms with E-state index in [-0.39, 0.29) is 17.4 Å². The summed E-state index contributed by atoms with van der Waals surface area (Å²) in [6.45, 7) is -0.228. The Hall–Kier alpha value is -3.06. The SMILES string of the molecule is O=C(Nc1ccc(Cl)c(-c2ccc(CO)o2)c1)c1ccc(-c2ccc(F)c(Cl)c2)o1. The molecule has 4 aromatic rings. The molecule has 152 valence electrons. The van der Waals surface area contributed by atoms with Gasteiger partial charge in [0.05, 0.1) is 10.0 Å². The van der Waals surface area contributed by atoms with Crippen molar-refractivity contribution in [3.8, 4) is 22.6 Å². The third kappa shape index (κ3) is 4.11. The first kappa shape index (κ1) is 20.2. The van der Waals surface area contributed by atoms with Crippen molar-refractivity contribution in [1.82, 2.24) is 0 Å². The van der Waals surface area contributed by atoms with Gasteiger partial charge in [-0.15, -0.1) is 0 Å². The van der Waals surface area contributed by atoms with Gasteiger partial charge < -0.3 is 19.3 Å². The largest absolute Gasteiger partial charge is 0.459 e. The second kappa shape index (κ2) is 8.36. The highest BCUT2D eigenvalue weighted by atomic mass is 35.5. The topological polar surface area (TPSA) is 75.6 Å². The number of amides is 1. The van der Waals surface area contributed by atoms with Gasteiger partial charge >= 0.3 is 0 Å². The van der Waals surface area contributed by atoms with E-state index in [0.717, 1.165) is 0 Å². The lowest BCUT2D eigenvalue weighted by Gasteiger charge is -2.07. The van der Waals surface area contributed by atoms with Gasteiger partial charge in [0.25, 0.3) is 5.91 Å². The van der Waals surface area contributed by atoms with Crippen LogP contribution in [0.1, 0.15) is 16.3 Å². The van der Waals surface area contributed by atoms with E-state index in [4.69, 9.17) is 37.1 Å². The molecule has 0 aliphatic carbocycles. The van der Waals surface area contributed by atoms with Crippen molar-refractivity contribution in [3.63, 3.8) is 0 Å². The van der Waals surface area contributed by atoms with Crippen molar-refractivity contribution in [2.45, 2.75) is 6.61 Å². The minimum absolute atomic E-state index is 0.0362. The molecule has 0 spiro atoms. The zero-order valence-corrected chi connectivity index (χ0v) is 16.8. The Morgan fingerprint density at radius 2 is 1.73 bits per heavy atom. The molecule has 0 unspecified atom stereocenters. The van der Waals surface area contributed by atoms with E-state index >= 15 is 0 Å². The van der Waals surface area contributed by atoms with Gasteiger partial charge in [0.1, 0.15) is 29.7 Å². The summed E-state index contributed by atoms with van der Waals surface area (Å²) in [6, 6.07) is 15.5.